The number of carbonyl (C=O) groups is 3. The lowest BCUT2D eigenvalue weighted by atomic mass is 10.1. The molecule has 0 aromatic heterocycles. The topological polar surface area (TPSA) is 130 Å². The number of urea groups is 1. The van der Waals surface area contributed by atoms with Crippen LogP contribution in [0.25, 0.3) is 0 Å². The molecule has 1 unspecified atom stereocenters. The van der Waals surface area contributed by atoms with Crippen molar-refractivity contribution in [3.05, 3.63) is 59.2 Å². The number of aromatic hydroxyl groups is 2. The predicted molar refractivity (Wildman–Crippen MR) is 133 cm³/mol. The molecule has 0 saturated heterocycles. The standard InChI is InChI=1S/C26H35N3O6/c1-4-13-28(14-12-20-9-7-11-22(30)23(20)31)26(35)29(17-18(3)5-2)24(32)21-10-6-8-19(15-21)16-27-25(33)34/h6-11,15,18,27,30-31H,4-5,12-14,16-17H2,1-3H3,(H,33,34). The third-order valence-electron chi connectivity index (χ3n) is 5.80. The number of imide groups is 1. The second kappa shape index (κ2) is 13.2. The number of phenols is 2. The number of nitrogens with zero attached hydrogens (tertiary/aromatic N) is 2. The molecule has 0 saturated carbocycles. The monoisotopic (exact) mass is 485 g/mol. The quantitative estimate of drug-likeness (QED) is 0.348. The molecule has 0 spiro atoms. The lowest BCUT2D eigenvalue weighted by Crippen LogP contribution is -2.48. The Kier molecular flexibility index (Phi) is 10.4. The number of carboxylic acid groups (broad SMARTS) is 1. The molecule has 0 aliphatic rings. The predicted octanol–water partition coefficient (Wildman–Crippen LogP) is 4.43. The first-order valence-electron chi connectivity index (χ1n) is 11.8. The second-order valence-corrected chi connectivity index (χ2v) is 8.59. The number of rotatable bonds is 11. The number of benzene rings is 2. The molecule has 190 valence electrons. The third kappa shape index (κ3) is 7.91. The Bertz CT molecular complexity index is 1030. The van der Waals surface area contributed by atoms with Gasteiger partial charge in [0.15, 0.2) is 11.5 Å². The van der Waals surface area contributed by atoms with Gasteiger partial charge in [-0.2, -0.15) is 0 Å². The van der Waals surface area contributed by atoms with Gasteiger partial charge in [-0.05, 0) is 48.1 Å². The SMILES string of the molecule is CCCN(CCc1cccc(O)c1O)C(=O)N(CC(C)CC)C(=O)c1cccc(CNC(=O)O)c1. The third-order valence-corrected chi connectivity index (χ3v) is 5.80. The zero-order valence-electron chi connectivity index (χ0n) is 20.5. The average molecular weight is 486 g/mol. The maximum Gasteiger partial charge on any atom is 0.404 e. The molecule has 9 heteroatoms. The molecular formula is C26H35N3O6. The van der Waals surface area contributed by atoms with Crippen molar-refractivity contribution in [2.45, 2.75) is 46.6 Å². The van der Waals surface area contributed by atoms with Crippen molar-refractivity contribution in [2.75, 3.05) is 19.6 Å². The highest BCUT2D eigenvalue weighted by atomic mass is 16.4. The van der Waals surface area contributed by atoms with Gasteiger partial charge in [0.25, 0.3) is 5.91 Å². The molecular weight excluding hydrogens is 450 g/mol. The van der Waals surface area contributed by atoms with Crippen molar-refractivity contribution in [2.24, 2.45) is 5.92 Å². The molecule has 4 amide bonds. The van der Waals surface area contributed by atoms with E-state index in [2.05, 4.69) is 5.32 Å². The largest absolute Gasteiger partial charge is 0.504 e. The average Bonchev–Trinajstić information content (AvgIpc) is 2.85. The summed E-state index contributed by atoms with van der Waals surface area (Å²) in [5.74, 6) is -0.801. The van der Waals surface area contributed by atoms with E-state index in [4.69, 9.17) is 5.11 Å². The highest BCUT2D eigenvalue weighted by molar-refractivity contribution is 6.04. The lowest BCUT2D eigenvalue weighted by molar-refractivity contribution is 0.0735. The van der Waals surface area contributed by atoms with Crippen LogP contribution in [0.1, 0.15) is 55.1 Å². The minimum Gasteiger partial charge on any atom is -0.504 e. The summed E-state index contributed by atoms with van der Waals surface area (Å²) in [6.45, 7) is 6.86. The van der Waals surface area contributed by atoms with Crippen molar-refractivity contribution >= 4 is 18.0 Å². The summed E-state index contributed by atoms with van der Waals surface area (Å²) in [7, 11) is 0. The van der Waals surface area contributed by atoms with Gasteiger partial charge in [-0.1, -0.05) is 51.5 Å². The zero-order valence-corrected chi connectivity index (χ0v) is 20.5. The number of hydrogen-bond acceptors (Lipinski definition) is 5. The van der Waals surface area contributed by atoms with Crippen LogP contribution >= 0.6 is 0 Å². The first-order chi connectivity index (χ1) is 16.7. The Morgan fingerprint density at radius 1 is 1.03 bits per heavy atom. The fourth-order valence-corrected chi connectivity index (χ4v) is 3.62. The molecule has 0 aliphatic carbocycles. The van der Waals surface area contributed by atoms with E-state index >= 15 is 0 Å². The van der Waals surface area contributed by atoms with E-state index in [0.717, 1.165) is 6.42 Å². The van der Waals surface area contributed by atoms with Crippen LogP contribution in [0.3, 0.4) is 0 Å². The van der Waals surface area contributed by atoms with Gasteiger partial charge in [0.2, 0.25) is 0 Å². The normalized spacial score (nSPS) is 11.5. The van der Waals surface area contributed by atoms with Crippen LogP contribution in [0.15, 0.2) is 42.5 Å². The van der Waals surface area contributed by atoms with E-state index in [1.165, 1.54) is 11.0 Å². The van der Waals surface area contributed by atoms with E-state index in [0.29, 0.717) is 36.1 Å². The van der Waals surface area contributed by atoms with Crippen molar-refractivity contribution < 1.29 is 29.7 Å². The van der Waals surface area contributed by atoms with E-state index in [9.17, 15) is 24.6 Å². The first kappa shape index (κ1) is 27.5. The van der Waals surface area contributed by atoms with Crippen LogP contribution in [0.5, 0.6) is 11.5 Å². The molecule has 4 N–H and O–H groups in total. The van der Waals surface area contributed by atoms with Crippen molar-refractivity contribution in [3.8, 4) is 11.5 Å². The Balaban J connectivity index is 2.28. The molecule has 35 heavy (non-hydrogen) atoms. The Hall–Kier alpha value is -3.75. The minimum absolute atomic E-state index is 0.0468. The summed E-state index contributed by atoms with van der Waals surface area (Å²) in [6, 6.07) is 10.8. The molecule has 2 rings (SSSR count). The second-order valence-electron chi connectivity index (χ2n) is 8.59. The summed E-state index contributed by atoms with van der Waals surface area (Å²) < 4.78 is 0. The summed E-state index contributed by atoms with van der Waals surface area (Å²) in [4.78, 5) is 40.7. The maximum absolute atomic E-state index is 13.6. The van der Waals surface area contributed by atoms with E-state index < -0.39 is 18.0 Å². The number of amides is 4. The summed E-state index contributed by atoms with van der Waals surface area (Å²) >= 11 is 0. The van der Waals surface area contributed by atoms with Crippen LogP contribution in [0.2, 0.25) is 0 Å². The highest BCUT2D eigenvalue weighted by Gasteiger charge is 2.28. The van der Waals surface area contributed by atoms with Gasteiger partial charge in [-0.3, -0.25) is 9.69 Å². The van der Waals surface area contributed by atoms with E-state index in [1.807, 2.05) is 20.8 Å². The summed E-state index contributed by atoms with van der Waals surface area (Å²) in [5, 5.41) is 31.0. The number of para-hydroxylation sites is 1. The van der Waals surface area contributed by atoms with Crippen LogP contribution in [0.4, 0.5) is 9.59 Å². The zero-order chi connectivity index (χ0) is 26.0. The fourth-order valence-electron chi connectivity index (χ4n) is 3.62. The van der Waals surface area contributed by atoms with Gasteiger partial charge in [0.05, 0.1) is 0 Å². The Labute approximate surface area is 206 Å². The summed E-state index contributed by atoms with van der Waals surface area (Å²) in [6.07, 6.45) is 0.612. The van der Waals surface area contributed by atoms with Crippen LogP contribution in [-0.2, 0) is 13.0 Å². The molecule has 0 fully saturated rings. The highest BCUT2D eigenvalue weighted by Crippen LogP contribution is 2.28. The Morgan fingerprint density at radius 2 is 1.74 bits per heavy atom. The fraction of sp³-hybridized carbons (Fsp3) is 0.423. The number of carbonyl (C=O) groups excluding carboxylic acids is 2. The number of hydrogen-bond donors (Lipinski definition) is 4. The van der Waals surface area contributed by atoms with E-state index in [1.54, 1.807) is 41.3 Å². The maximum atomic E-state index is 13.6. The van der Waals surface area contributed by atoms with Gasteiger partial charge < -0.3 is 25.5 Å². The number of phenolic OH excluding ortho intramolecular Hbond substituents is 2. The molecule has 0 radical (unpaired) electrons. The van der Waals surface area contributed by atoms with Gasteiger partial charge in [0.1, 0.15) is 0 Å². The van der Waals surface area contributed by atoms with Crippen LogP contribution in [0, 0.1) is 5.92 Å². The minimum atomic E-state index is -1.16. The van der Waals surface area contributed by atoms with Gasteiger partial charge in [0, 0.05) is 31.7 Å². The number of nitrogens with one attached hydrogen (secondary N) is 1. The first-order valence-corrected chi connectivity index (χ1v) is 11.8. The van der Waals surface area contributed by atoms with Gasteiger partial charge >= 0.3 is 12.1 Å². The molecule has 0 aliphatic heterocycles. The van der Waals surface area contributed by atoms with E-state index in [-0.39, 0.29) is 37.1 Å². The van der Waals surface area contributed by atoms with Gasteiger partial charge in [-0.15, -0.1) is 0 Å². The lowest BCUT2D eigenvalue weighted by Gasteiger charge is -2.31. The summed E-state index contributed by atoms with van der Waals surface area (Å²) in [5.41, 5.74) is 1.42. The molecule has 2 aromatic rings. The molecule has 1 atom stereocenters. The molecule has 9 nitrogen and oxygen atoms in total. The smallest absolute Gasteiger partial charge is 0.404 e. The van der Waals surface area contributed by atoms with Crippen molar-refractivity contribution in [3.63, 3.8) is 0 Å². The van der Waals surface area contributed by atoms with Crippen LogP contribution in [-0.4, -0.2) is 62.8 Å². The van der Waals surface area contributed by atoms with Gasteiger partial charge in [-0.25, -0.2) is 9.59 Å². The molecule has 2 aromatic carbocycles. The van der Waals surface area contributed by atoms with Crippen LogP contribution < -0.4 is 5.32 Å². The Morgan fingerprint density at radius 3 is 2.40 bits per heavy atom. The molecule has 0 bridgehead atoms. The molecule has 0 heterocycles. The van der Waals surface area contributed by atoms with Crippen molar-refractivity contribution in [1.82, 2.24) is 15.1 Å². The van der Waals surface area contributed by atoms with Crippen molar-refractivity contribution in [1.29, 1.82) is 0 Å².